The van der Waals surface area contributed by atoms with Gasteiger partial charge in [-0.2, -0.15) is 5.26 Å². The van der Waals surface area contributed by atoms with E-state index >= 15 is 0 Å². The number of carbonyl (C=O) groups is 1. The van der Waals surface area contributed by atoms with Crippen LogP contribution in [0.1, 0.15) is 26.5 Å². The molecule has 1 aromatic carbocycles. The summed E-state index contributed by atoms with van der Waals surface area (Å²) in [7, 11) is 0. The highest BCUT2D eigenvalue weighted by Crippen LogP contribution is 2.23. The number of fused-ring (bicyclic) bond motifs is 1. The number of carbonyl (C=O) groups excluding carboxylic acids is 1. The molecule has 2 aromatic rings. The number of aromatic nitrogens is 1. The van der Waals surface area contributed by atoms with Gasteiger partial charge in [-0.05, 0) is 32.9 Å². The van der Waals surface area contributed by atoms with Gasteiger partial charge in [-0.15, -0.1) is 0 Å². The lowest BCUT2D eigenvalue weighted by Crippen LogP contribution is -2.34. The van der Waals surface area contributed by atoms with Crippen LogP contribution in [-0.2, 0) is 11.3 Å². The predicted octanol–water partition coefficient (Wildman–Crippen LogP) is 3.18. The second kappa shape index (κ2) is 6.06. The van der Waals surface area contributed by atoms with Gasteiger partial charge in [-0.1, -0.05) is 12.1 Å². The molecule has 1 N–H and O–H groups in total. The summed E-state index contributed by atoms with van der Waals surface area (Å²) in [6, 6.07) is 8.74. The van der Waals surface area contributed by atoms with Crippen LogP contribution in [0.25, 0.3) is 10.9 Å². The molecular weight excluding hydrogens is 285 g/mol. The Hall–Kier alpha value is -2.55. The first-order valence-electron chi connectivity index (χ1n) is 6.97. The van der Waals surface area contributed by atoms with Crippen molar-refractivity contribution in [3.05, 3.63) is 35.8 Å². The van der Waals surface area contributed by atoms with Crippen molar-refractivity contribution in [3.8, 4) is 6.07 Å². The van der Waals surface area contributed by atoms with Crippen LogP contribution in [-0.4, -0.2) is 22.8 Å². The molecule has 116 valence electrons. The molecule has 2 rings (SSSR count). The van der Waals surface area contributed by atoms with E-state index in [1.165, 1.54) is 0 Å². The van der Waals surface area contributed by atoms with E-state index in [2.05, 4.69) is 5.32 Å². The van der Waals surface area contributed by atoms with Crippen LogP contribution >= 0.6 is 0 Å². The number of rotatable bonds is 3. The summed E-state index contributed by atoms with van der Waals surface area (Å²) in [5.74, 6) is -0.532. The van der Waals surface area contributed by atoms with E-state index in [-0.39, 0.29) is 18.8 Å². The molecule has 0 aliphatic heterocycles. The zero-order valence-electron chi connectivity index (χ0n) is 12.8. The number of amides is 1. The van der Waals surface area contributed by atoms with E-state index in [0.29, 0.717) is 10.9 Å². The molecule has 0 spiro atoms. The molecule has 1 heterocycles. The van der Waals surface area contributed by atoms with E-state index in [9.17, 15) is 9.18 Å². The third-order valence-corrected chi connectivity index (χ3v) is 3.02. The van der Waals surface area contributed by atoms with E-state index in [1.807, 2.05) is 6.07 Å². The van der Waals surface area contributed by atoms with Crippen LogP contribution in [0.2, 0.25) is 0 Å². The highest BCUT2D eigenvalue weighted by Gasteiger charge is 2.18. The Kier molecular flexibility index (Phi) is 4.36. The van der Waals surface area contributed by atoms with Gasteiger partial charge in [0.1, 0.15) is 11.7 Å². The normalized spacial score (nSPS) is 11.2. The van der Waals surface area contributed by atoms with E-state index in [1.54, 1.807) is 49.6 Å². The van der Waals surface area contributed by atoms with Gasteiger partial charge in [0.05, 0.1) is 5.52 Å². The predicted molar refractivity (Wildman–Crippen MR) is 80.8 cm³/mol. The Morgan fingerprint density at radius 3 is 2.73 bits per heavy atom. The summed E-state index contributed by atoms with van der Waals surface area (Å²) < 4.78 is 20.8. The van der Waals surface area contributed by atoms with Crippen molar-refractivity contribution >= 4 is 17.0 Å². The molecule has 1 aromatic heterocycles. The van der Waals surface area contributed by atoms with Gasteiger partial charge in [0.2, 0.25) is 0 Å². The van der Waals surface area contributed by atoms with Gasteiger partial charge in [0.15, 0.2) is 11.5 Å². The summed E-state index contributed by atoms with van der Waals surface area (Å²) in [6.45, 7) is 5.84. The summed E-state index contributed by atoms with van der Waals surface area (Å²) in [5, 5.41) is 12.1. The van der Waals surface area contributed by atoms with Gasteiger partial charge in [-0.3, -0.25) is 0 Å². The quantitative estimate of drug-likeness (QED) is 0.947. The van der Waals surface area contributed by atoms with Crippen molar-refractivity contribution in [3.63, 3.8) is 0 Å². The molecule has 0 bridgehead atoms. The van der Waals surface area contributed by atoms with Crippen LogP contribution in [0, 0.1) is 17.1 Å². The summed E-state index contributed by atoms with van der Waals surface area (Å²) >= 11 is 0. The number of nitriles is 1. The number of benzene rings is 1. The number of nitrogens with one attached hydrogen (secondary N) is 1. The van der Waals surface area contributed by atoms with Crippen LogP contribution in [0.4, 0.5) is 9.18 Å². The van der Waals surface area contributed by atoms with Crippen LogP contribution in [0.5, 0.6) is 0 Å². The van der Waals surface area contributed by atoms with Gasteiger partial charge in [-0.25, -0.2) is 9.18 Å². The maximum absolute atomic E-state index is 14.1. The average molecular weight is 303 g/mol. The number of nitrogens with zero attached hydrogens (tertiary/aromatic N) is 2. The Labute approximate surface area is 128 Å². The molecule has 0 unspecified atom stereocenters. The lowest BCUT2D eigenvalue weighted by Gasteiger charge is -2.19. The van der Waals surface area contributed by atoms with Crippen molar-refractivity contribution in [2.45, 2.75) is 32.9 Å². The number of hydrogen-bond donors (Lipinski definition) is 1. The number of alkyl carbamates (subject to hydrolysis) is 1. The Morgan fingerprint density at radius 1 is 1.41 bits per heavy atom. The molecule has 5 nitrogen and oxygen atoms in total. The standard InChI is InChI=1S/C16H18FN3O2/c1-16(2,3)22-15(21)19-8-9-20-12-7-5-4-6-11(12)14(17)13(20)10-18/h4-7H,8-9H2,1-3H3,(H,19,21). The van der Waals surface area contributed by atoms with Gasteiger partial charge < -0.3 is 14.6 Å². The second-order valence-corrected chi connectivity index (χ2v) is 5.87. The molecule has 0 saturated carbocycles. The molecule has 0 atom stereocenters. The number of hydrogen-bond acceptors (Lipinski definition) is 3. The van der Waals surface area contributed by atoms with Crippen LogP contribution in [0.15, 0.2) is 24.3 Å². The molecular formula is C16H18FN3O2. The fourth-order valence-corrected chi connectivity index (χ4v) is 2.19. The monoisotopic (exact) mass is 303 g/mol. The number of ether oxygens (including phenoxy) is 1. The first kappa shape index (κ1) is 15.8. The van der Waals surface area contributed by atoms with Crippen molar-refractivity contribution in [1.82, 2.24) is 9.88 Å². The first-order chi connectivity index (χ1) is 10.3. The SMILES string of the molecule is CC(C)(C)OC(=O)NCCn1c(C#N)c(F)c2ccccc21. The summed E-state index contributed by atoms with van der Waals surface area (Å²) in [4.78, 5) is 11.6. The second-order valence-electron chi connectivity index (χ2n) is 5.87. The minimum atomic E-state index is -0.575. The topological polar surface area (TPSA) is 67.0 Å². The Balaban J connectivity index is 2.12. The minimum absolute atomic E-state index is 0.0350. The lowest BCUT2D eigenvalue weighted by atomic mass is 10.2. The average Bonchev–Trinajstić information content (AvgIpc) is 2.70. The highest BCUT2D eigenvalue weighted by molar-refractivity contribution is 5.83. The molecule has 1 amide bonds. The number of para-hydroxylation sites is 1. The molecule has 0 radical (unpaired) electrons. The Bertz CT molecular complexity index is 738. The smallest absolute Gasteiger partial charge is 0.407 e. The van der Waals surface area contributed by atoms with Crippen LogP contribution in [0.3, 0.4) is 0 Å². The zero-order chi connectivity index (χ0) is 16.3. The summed E-state index contributed by atoms with van der Waals surface area (Å²) in [5.41, 5.74) is 0.0171. The van der Waals surface area contributed by atoms with Crippen molar-refractivity contribution < 1.29 is 13.9 Å². The van der Waals surface area contributed by atoms with Gasteiger partial charge >= 0.3 is 6.09 Å². The van der Waals surface area contributed by atoms with Crippen molar-refractivity contribution in [2.75, 3.05) is 6.54 Å². The lowest BCUT2D eigenvalue weighted by molar-refractivity contribution is 0.0526. The van der Waals surface area contributed by atoms with E-state index < -0.39 is 17.5 Å². The van der Waals surface area contributed by atoms with E-state index in [4.69, 9.17) is 10.00 Å². The molecule has 0 aliphatic rings. The third kappa shape index (κ3) is 3.37. The minimum Gasteiger partial charge on any atom is -0.444 e. The molecule has 0 aliphatic carbocycles. The van der Waals surface area contributed by atoms with Crippen LogP contribution < -0.4 is 5.32 Å². The van der Waals surface area contributed by atoms with Crippen molar-refractivity contribution in [1.29, 1.82) is 5.26 Å². The Morgan fingerprint density at radius 2 is 2.09 bits per heavy atom. The van der Waals surface area contributed by atoms with Gasteiger partial charge in [0, 0.05) is 18.5 Å². The molecule has 6 heteroatoms. The highest BCUT2D eigenvalue weighted by atomic mass is 19.1. The van der Waals surface area contributed by atoms with Crippen molar-refractivity contribution in [2.24, 2.45) is 0 Å². The fraction of sp³-hybridized carbons (Fsp3) is 0.375. The molecule has 0 fully saturated rings. The maximum Gasteiger partial charge on any atom is 0.407 e. The van der Waals surface area contributed by atoms with Gasteiger partial charge in [0.25, 0.3) is 0 Å². The third-order valence-electron chi connectivity index (χ3n) is 3.02. The first-order valence-corrected chi connectivity index (χ1v) is 6.97. The number of halogens is 1. The maximum atomic E-state index is 14.1. The zero-order valence-corrected chi connectivity index (χ0v) is 12.8. The van der Waals surface area contributed by atoms with E-state index in [0.717, 1.165) is 0 Å². The molecule has 0 saturated heterocycles. The summed E-state index contributed by atoms with van der Waals surface area (Å²) in [6.07, 6.45) is -0.539. The molecule has 22 heavy (non-hydrogen) atoms. The fourth-order valence-electron chi connectivity index (χ4n) is 2.19. The largest absolute Gasteiger partial charge is 0.444 e.